The summed E-state index contributed by atoms with van der Waals surface area (Å²) >= 11 is 0. The normalized spacial score (nSPS) is 15.2. The zero-order chi connectivity index (χ0) is 45.1. The molecular formula is C62H46N5+. The third-order valence-electron chi connectivity index (χ3n) is 13.8. The summed E-state index contributed by atoms with van der Waals surface area (Å²) in [6.07, 6.45) is -0.395. The summed E-state index contributed by atoms with van der Waals surface area (Å²) in [7, 11) is 0. The lowest BCUT2D eigenvalue weighted by Gasteiger charge is -2.42. The number of nitrogens with two attached hydrogens (primary N) is 1. The van der Waals surface area contributed by atoms with Crippen molar-refractivity contribution in [3.63, 3.8) is 0 Å². The molecule has 318 valence electrons. The Morgan fingerprint density at radius 3 is 1.69 bits per heavy atom. The van der Waals surface area contributed by atoms with Crippen LogP contribution in [0.3, 0.4) is 0 Å². The van der Waals surface area contributed by atoms with Crippen molar-refractivity contribution < 1.29 is 5.32 Å². The van der Waals surface area contributed by atoms with Gasteiger partial charge in [-0.1, -0.05) is 184 Å². The molecule has 1 atom stereocenters. The van der Waals surface area contributed by atoms with Crippen molar-refractivity contribution in [2.45, 2.75) is 25.4 Å². The molecule has 2 aliphatic heterocycles. The molecule has 5 nitrogen and oxygen atoms in total. The minimum Gasteiger partial charge on any atom is -0.309 e. The SMILES string of the molecule is CC1(C)c2ccccc2N(c2ccccc2)c2c1ccc1c2c2ccccc2n1-c1c(-c2ccccc2)cc(C2N=C(c3ccccc3)C(C#N)=C(c3ccccc3)[NH2+]2)cc1-c1ccccc1. The van der Waals surface area contributed by atoms with Crippen LogP contribution in [-0.4, -0.2) is 10.3 Å². The summed E-state index contributed by atoms with van der Waals surface area (Å²) in [6, 6.07) is 82.5. The summed E-state index contributed by atoms with van der Waals surface area (Å²) in [4.78, 5) is 7.99. The van der Waals surface area contributed by atoms with Gasteiger partial charge in [0, 0.05) is 49.7 Å². The van der Waals surface area contributed by atoms with Crippen LogP contribution in [0.25, 0.3) is 55.4 Å². The Morgan fingerprint density at radius 1 is 0.522 bits per heavy atom. The predicted octanol–water partition coefficient (Wildman–Crippen LogP) is 14.2. The quantitative estimate of drug-likeness (QED) is 0.174. The molecule has 2 N–H and O–H groups in total. The van der Waals surface area contributed by atoms with Crippen LogP contribution in [0.5, 0.6) is 0 Å². The number of fused-ring (bicyclic) bond motifs is 6. The molecule has 12 rings (SSSR count). The summed E-state index contributed by atoms with van der Waals surface area (Å²) in [5, 5.41) is 15.4. The zero-order valence-electron chi connectivity index (χ0n) is 37.3. The molecular weight excluding hydrogens is 815 g/mol. The highest BCUT2D eigenvalue weighted by atomic mass is 15.2. The van der Waals surface area contributed by atoms with Crippen molar-refractivity contribution in [2.24, 2.45) is 4.99 Å². The topological polar surface area (TPSA) is 60.9 Å². The second-order valence-electron chi connectivity index (χ2n) is 17.9. The molecule has 1 unspecified atom stereocenters. The van der Waals surface area contributed by atoms with E-state index >= 15 is 0 Å². The highest BCUT2D eigenvalue weighted by Gasteiger charge is 2.39. The number of rotatable bonds is 7. The first kappa shape index (κ1) is 40.0. The maximum atomic E-state index is 10.8. The van der Waals surface area contributed by atoms with E-state index in [9.17, 15) is 5.26 Å². The number of hydrogen-bond acceptors (Lipinski definition) is 3. The molecule has 1 aromatic heterocycles. The highest BCUT2D eigenvalue weighted by Crippen LogP contribution is 2.56. The highest BCUT2D eigenvalue weighted by molar-refractivity contribution is 6.20. The van der Waals surface area contributed by atoms with Gasteiger partial charge in [0.1, 0.15) is 11.6 Å². The van der Waals surface area contributed by atoms with E-state index in [0.717, 1.165) is 67.0 Å². The zero-order valence-corrected chi connectivity index (χ0v) is 37.3. The van der Waals surface area contributed by atoms with E-state index < -0.39 is 6.17 Å². The lowest BCUT2D eigenvalue weighted by molar-refractivity contribution is -0.609. The largest absolute Gasteiger partial charge is 0.309 e. The fourth-order valence-electron chi connectivity index (χ4n) is 10.6. The minimum absolute atomic E-state index is 0.269. The monoisotopic (exact) mass is 860 g/mol. The Morgan fingerprint density at radius 2 is 1.06 bits per heavy atom. The summed E-state index contributed by atoms with van der Waals surface area (Å²) < 4.78 is 2.52. The average molecular weight is 861 g/mol. The molecule has 10 aromatic rings. The molecule has 2 aliphatic rings. The van der Waals surface area contributed by atoms with Gasteiger partial charge in [0.15, 0.2) is 5.70 Å². The number of nitriles is 1. The van der Waals surface area contributed by atoms with E-state index in [2.05, 4.69) is 223 Å². The van der Waals surface area contributed by atoms with Gasteiger partial charge in [-0.15, -0.1) is 0 Å². The van der Waals surface area contributed by atoms with E-state index in [1.54, 1.807) is 0 Å². The molecule has 0 bridgehead atoms. The van der Waals surface area contributed by atoms with Crippen LogP contribution < -0.4 is 10.2 Å². The fraction of sp³-hybridized carbons (Fsp3) is 0.0645. The first-order valence-electron chi connectivity index (χ1n) is 23.0. The molecule has 0 spiro atoms. The molecule has 0 amide bonds. The smallest absolute Gasteiger partial charge is 0.211 e. The fourth-order valence-corrected chi connectivity index (χ4v) is 10.6. The van der Waals surface area contributed by atoms with Gasteiger partial charge in [0.25, 0.3) is 0 Å². The Labute approximate surface area is 390 Å². The van der Waals surface area contributed by atoms with Gasteiger partial charge in [0.05, 0.1) is 33.8 Å². The van der Waals surface area contributed by atoms with E-state index in [1.807, 2.05) is 36.4 Å². The van der Waals surface area contributed by atoms with Crippen LogP contribution in [-0.2, 0) is 5.41 Å². The van der Waals surface area contributed by atoms with Gasteiger partial charge in [-0.3, -0.25) is 5.32 Å². The number of benzene rings is 9. The van der Waals surface area contributed by atoms with Crippen LogP contribution in [0.2, 0.25) is 0 Å². The summed E-state index contributed by atoms with van der Waals surface area (Å²) in [6.45, 7) is 4.73. The molecule has 0 saturated heterocycles. The van der Waals surface area contributed by atoms with Crippen molar-refractivity contribution in [3.05, 3.63) is 258 Å². The third kappa shape index (κ3) is 6.53. The Bertz CT molecular complexity index is 3560. The van der Waals surface area contributed by atoms with Crippen LogP contribution in [0.1, 0.15) is 47.8 Å². The molecule has 0 aliphatic carbocycles. The van der Waals surface area contributed by atoms with Gasteiger partial charge in [0.2, 0.25) is 6.17 Å². The van der Waals surface area contributed by atoms with Crippen molar-refractivity contribution in [1.29, 1.82) is 5.26 Å². The number of nitrogens with zero attached hydrogens (tertiary/aromatic N) is 4. The number of aliphatic imine (C=N–C) groups is 1. The third-order valence-corrected chi connectivity index (χ3v) is 13.8. The van der Waals surface area contributed by atoms with Gasteiger partial charge in [-0.25, -0.2) is 4.99 Å². The Balaban J connectivity index is 1.18. The second-order valence-corrected chi connectivity index (χ2v) is 17.9. The number of anilines is 3. The van der Waals surface area contributed by atoms with Gasteiger partial charge in [-0.2, -0.15) is 5.26 Å². The van der Waals surface area contributed by atoms with E-state index in [1.165, 1.54) is 33.3 Å². The van der Waals surface area contributed by atoms with E-state index in [4.69, 9.17) is 4.99 Å². The van der Waals surface area contributed by atoms with E-state index in [-0.39, 0.29) is 5.41 Å². The van der Waals surface area contributed by atoms with Crippen molar-refractivity contribution in [2.75, 3.05) is 4.90 Å². The Kier molecular flexibility index (Phi) is 9.64. The lowest BCUT2D eigenvalue weighted by atomic mass is 9.73. The summed E-state index contributed by atoms with van der Waals surface area (Å²) in [5.74, 6) is 0. The van der Waals surface area contributed by atoms with E-state index in [0.29, 0.717) is 11.3 Å². The molecule has 0 fully saturated rings. The van der Waals surface area contributed by atoms with Crippen molar-refractivity contribution in [1.82, 2.24) is 4.57 Å². The van der Waals surface area contributed by atoms with Crippen LogP contribution in [0.15, 0.2) is 235 Å². The minimum atomic E-state index is -0.395. The predicted molar refractivity (Wildman–Crippen MR) is 275 cm³/mol. The first-order valence-corrected chi connectivity index (χ1v) is 23.0. The maximum Gasteiger partial charge on any atom is 0.211 e. The molecule has 3 heterocycles. The van der Waals surface area contributed by atoms with Gasteiger partial charge < -0.3 is 9.47 Å². The number of allylic oxidation sites excluding steroid dienone is 1. The van der Waals surface area contributed by atoms with Gasteiger partial charge >= 0.3 is 0 Å². The molecule has 9 aromatic carbocycles. The molecule has 0 radical (unpaired) electrons. The second kappa shape index (κ2) is 16.2. The number of hydrogen-bond donors (Lipinski definition) is 1. The molecule has 67 heavy (non-hydrogen) atoms. The van der Waals surface area contributed by atoms with Gasteiger partial charge in [-0.05, 0) is 76.9 Å². The van der Waals surface area contributed by atoms with Crippen LogP contribution >= 0.6 is 0 Å². The number of para-hydroxylation sites is 3. The Hall–Kier alpha value is -8.56. The van der Waals surface area contributed by atoms with Crippen molar-refractivity contribution >= 4 is 50.3 Å². The average Bonchev–Trinajstić information content (AvgIpc) is 3.73. The summed E-state index contributed by atoms with van der Waals surface area (Å²) in [5.41, 5.74) is 18.6. The molecule has 5 heteroatoms. The number of quaternary nitrogens is 1. The molecule has 0 saturated carbocycles. The first-order chi connectivity index (χ1) is 33.0. The number of aromatic nitrogens is 1. The lowest BCUT2D eigenvalue weighted by Crippen LogP contribution is -2.83. The standard InChI is InChI=1S/C62H45N5/c1-62(2)51-33-19-21-35-54(51)66(46-30-16-7-17-31-46)60-52(62)36-37-55-56(60)47-32-18-20-34-53(47)67(55)59-48(41-22-8-3-9-23-41)38-45(39-49(59)42-24-10-4-11-25-42)61-64-57(43-26-12-5-13-27-43)50(40-63)58(65-61)44-28-14-6-15-29-44/h3-39,61,64H,1-2H3/p+1. The van der Waals surface area contributed by atoms with Crippen molar-refractivity contribution in [3.8, 4) is 34.0 Å². The van der Waals surface area contributed by atoms with Crippen LogP contribution in [0.4, 0.5) is 17.1 Å². The maximum absolute atomic E-state index is 10.8. The van der Waals surface area contributed by atoms with Crippen LogP contribution in [0, 0.1) is 11.3 Å².